The maximum atomic E-state index is 13.9. The Bertz CT molecular complexity index is 2140. The van der Waals surface area contributed by atoms with Gasteiger partial charge in [0.1, 0.15) is 23.0 Å². The maximum absolute atomic E-state index is 13.9. The van der Waals surface area contributed by atoms with Crippen molar-refractivity contribution in [3.63, 3.8) is 0 Å². The smallest absolute Gasteiger partial charge is 0.213 e. The van der Waals surface area contributed by atoms with E-state index in [0.29, 0.717) is 33.5 Å². The number of aliphatic hydroxyl groups excluding tert-OH is 3. The second-order valence-electron chi connectivity index (χ2n) is 22.1. The van der Waals surface area contributed by atoms with Crippen molar-refractivity contribution in [3.8, 4) is 0 Å². The van der Waals surface area contributed by atoms with Crippen molar-refractivity contribution >= 4 is 49.7 Å². The lowest BCUT2D eigenvalue weighted by atomic mass is 9.37. The van der Waals surface area contributed by atoms with E-state index < -0.39 is 92.1 Å². The summed E-state index contributed by atoms with van der Waals surface area (Å²) in [6.07, 6.45) is 6.91. The number of carbonyl (C=O) groups is 3. The molecule has 6 spiro atoms. The van der Waals surface area contributed by atoms with E-state index in [1.54, 1.807) is 19.9 Å². The molecule has 12 nitrogen and oxygen atoms in total. The molecule has 0 amide bonds. The molecule has 14 aliphatic rings. The predicted molar refractivity (Wildman–Crippen MR) is 236 cm³/mol. The molecule has 0 aromatic heterocycles. The summed E-state index contributed by atoms with van der Waals surface area (Å²) in [5, 5.41) is 34.7. The first-order valence-electron chi connectivity index (χ1n) is 22.9. The van der Waals surface area contributed by atoms with Crippen LogP contribution in [0.2, 0.25) is 0 Å². The van der Waals surface area contributed by atoms with Gasteiger partial charge in [0.15, 0.2) is 28.9 Å². The Hall–Kier alpha value is -1.38. The Kier molecular flexibility index (Phi) is 10.2. The zero-order chi connectivity index (χ0) is 47.0. The standard InChI is InChI=1S/C23H30O6.C23H28O6.CH2Cl2.CH5P/c2*1-11-12-6-7-13-21-9-8-14(24)19(2,3)15(21)17(26)23(27-10-21)22(13,16(11)25)18(12)28-20(4,5)29-23;2-1-3;1-2/h8-9,12-15,17-18,24,26H,1,6-7,10H2,2-5H3;8-9,12-13,15,17-18,26H,1,6-7,10H2,2-5H3;1H2;2H2,1H3/t12-,13-,14-,15+,17-,18+,21+,22-,23+;12-,13-,15+,17-,18+,21+,22-,23+;;/m00../s1/i;;;2D. The van der Waals surface area contributed by atoms with E-state index in [2.05, 4.69) is 13.2 Å². The molecule has 0 radical (unpaired) electrons. The molecule has 8 bridgehead atoms. The average Bonchev–Trinajstić information content (AvgIpc) is 3.39. The van der Waals surface area contributed by atoms with Gasteiger partial charge in [-0.25, -0.2) is 0 Å². The molecule has 0 aromatic rings. The van der Waals surface area contributed by atoms with E-state index in [9.17, 15) is 29.7 Å². The van der Waals surface area contributed by atoms with Crippen LogP contribution in [0.4, 0.5) is 0 Å². The molecule has 6 heterocycles. The fourth-order valence-corrected chi connectivity index (χ4v) is 16.5. The second kappa shape index (κ2) is 14.1. The van der Waals surface area contributed by atoms with Crippen molar-refractivity contribution in [3.05, 3.63) is 48.6 Å². The number of allylic oxidation sites excluding steroid dienone is 1. The van der Waals surface area contributed by atoms with E-state index in [0.717, 1.165) is 25.7 Å². The topological polar surface area (TPSA) is 167 Å². The van der Waals surface area contributed by atoms with Crippen molar-refractivity contribution in [1.82, 2.24) is 0 Å². The zero-order valence-corrected chi connectivity index (χ0v) is 40.3. The van der Waals surface area contributed by atoms with Gasteiger partial charge in [-0.05, 0) is 82.4 Å². The molecule has 6 saturated heterocycles. The number of alkyl halides is 2. The summed E-state index contributed by atoms with van der Waals surface area (Å²) in [6, 6.07) is 0. The highest BCUT2D eigenvalue weighted by molar-refractivity contribution is 7.15. The van der Waals surface area contributed by atoms with Gasteiger partial charge in [0.2, 0.25) is 11.6 Å². The number of hydrogen-bond acceptors (Lipinski definition) is 12. The first kappa shape index (κ1) is 45.4. The summed E-state index contributed by atoms with van der Waals surface area (Å²) < 4.78 is 44.8. The molecular weight excluding hydrogens is 870 g/mol. The van der Waals surface area contributed by atoms with E-state index in [1.165, 1.54) is 0 Å². The van der Waals surface area contributed by atoms with Gasteiger partial charge in [-0.3, -0.25) is 14.4 Å². The lowest BCUT2D eigenvalue weighted by Gasteiger charge is -2.76. The van der Waals surface area contributed by atoms with Crippen LogP contribution in [0.5, 0.6) is 0 Å². The summed E-state index contributed by atoms with van der Waals surface area (Å²) in [4.78, 5) is 40.6. The van der Waals surface area contributed by atoms with Crippen LogP contribution in [0.15, 0.2) is 48.6 Å². The fraction of sp³-hybridized carbons (Fsp3) is 0.771. The maximum Gasteiger partial charge on any atom is 0.213 e. The van der Waals surface area contributed by atoms with Crippen LogP contribution in [0.3, 0.4) is 0 Å². The first-order valence-corrected chi connectivity index (χ1v) is 24.5. The van der Waals surface area contributed by atoms with E-state index >= 15 is 0 Å². The van der Waals surface area contributed by atoms with Crippen molar-refractivity contribution in [2.75, 3.05) is 25.2 Å². The van der Waals surface area contributed by atoms with Crippen molar-refractivity contribution < 1.29 is 58.1 Å². The Balaban J connectivity index is 0.000000145. The molecule has 18 atom stereocenters. The van der Waals surface area contributed by atoms with Gasteiger partial charge in [-0.1, -0.05) is 65.7 Å². The van der Waals surface area contributed by atoms with E-state index in [4.69, 9.17) is 52.9 Å². The molecule has 6 aliphatic heterocycles. The van der Waals surface area contributed by atoms with Crippen LogP contribution in [0.1, 0.15) is 81.1 Å². The third kappa shape index (κ3) is 5.07. The molecule has 12 fully saturated rings. The number of ether oxygens (including phenoxy) is 6. The largest absolute Gasteiger partial charge is 0.388 e. The van der Waals surface area contributed by atoms with Crippen LogP contribution in [0, 0.1) is 68.0 Å². The Labute approximate surface area is 384 Å². The Morgan fingerprint density at radius 1 is 0.730 bits per heavy atom. The second-order valence-corrected chi connectivity index (χ2v) is 22.9. The third-order valence-corrected chi connectivity index (χ3v) is 18.3. The minimum atomic E-state index is -1.53. The lowest BCUT2D eigenvalue weighted by Crippen LogP contribution is -2.87. The van der Waals surface area contributed by atoms with Crippen LogP contribution in [0.25, 0.3) is 0 Å². The molecule has 6 saturated carbocycles. The van der Waals surface area contributed by atoms with Gasteiger partial charge in [0.25, 0.3) is 0 Å². The summed E-state index contributed by atoms with van der Waals surface area (Å²) in [6.45, 7) is 25.8. The van der Waals surface area contributed by atoms with Gasteiger partial charge in [-0.15, -0.1) is 32.4 Å². The van der Waals surface area contributed by atoms with Gasteiger partial charge in [-0.2, -0.15) is 0 Å². The number of fused-ring (bicyclic) bond motifs is 2. The average molecular weight is 937 g/mol. The normalized spacial score (nSPS) is 53.1. The summed E-state index contributed by atoms with van der Waals surface area (Å²) in [5.74, 6) is -6.33. The summed E-state index contributed by atoms with van der Waals surface area (Å²) in [7, 11) is 0.333. The minimum Gasteiger partial charge on any atom is -0.388 e. The Morgan fingerprint density at radius 2 is 1.14 bits per heavy atom. The van der Waals surface area contributed by atoms with Crippen molar-refractivity contribution in [2.45, 2.75) is 135 Å². The van der Waals surface area contributed by atoms with Crippen LogP contribution < -0.4 is 0 Å². The van der Waals surface area contributed by atoms with Gasteiger partial charge in [0.05, 0.1) is 38.1 Å². The third-order valence-electron chi connectivity index (χ3n) is 18.3. The predicted octanol–water partition coefficient (Wildman–Crippen LogP) is 6.02. The summed E-state index contributed by atoms with van der Waals surface area (Å²) >= 11 is 9.53. The number of ketones is 3. The van der Waals surface area contributed by atoms with Gasteiger partial charge in [0, 0.05) is 45.3 Å². The molecule has 14 rings (SSSR count). The van der Waals surface area contributed by atoms with E-state index in [-0.39, 0.29) is 52.3 Å². The molecule has 15 heteroatoms. The van der Waals surface area contributed by atoms with E-state index in [1.807, 2.05) is 66.4 Å². The number of Topliss-reactive ketones (excluding diaryl/α,β-unsaturated/α-hetero) is 2. The fourth-order valence-electron chi connectivity index (χ4n) is 16.5. The number of halogens is 2. The van der Waals surface area contributed by atoms with Crippen LogP contribution in [-0.4, -0.2) is 113 Å². The number of rotatable bonds is 0. The van der Waals surface area contributed by atoms with Crippen LogP contribution >= 0.6 is 32.4 Å². The molecule has 1 unspecified atom stereocenters. The minimum absolute atomic E-state index is 0.0103. The molecule has 63 heavy (non-hydrogen) atoms. The lowest BCUT2D eigenvalue weighted by molar-refractivity contribution is -0.524. The monoisotopic (exact) mass is 935 g/mol. The molecule has 8 aliphatic carbocycles. The Morgan fingerprint density at radius 3 is 1.59 bits per heavy atom. The SMILES string of the molecule is C=C1C(=O)[C@@]23[C@@H]4OC(C)(C)O[C@@]25OC[C@]2(C=CC(=O)C(C)(C)[C@H]2[C@@H]5O)[C@@H]3CC[C@@H]14.C=C1C(=O)[C@@]23[C@@H]4OC(C)(C)O[C@@]25OC[C@]2(C=C[C@H](O)C(C)(C)[C@H]2[C@@H]5O)[C@@H]3CC[C@@H]14.ClCCl.[2H]PC. The van der Waals surface area contributed by atoms with Gasteiger partial charge >= 0.3 is 0 Å². The number of carbonyl (C=O) groups excluding carboxylic acids is 3. The molecular formula is C48H65Cl2O12P. The molecule has 348 valence electrons. The zero-order valence-electron chi connectivity index (χ0n) is 38.8. The quantitative estimate of drug-likeness (QED) is 0.112. The van der Waals surface area contributed by atoms with Crippen molar-refractivity contribution in [1.29, 1.82) is 1.28 Å². The molecule has 3 N–H and O–H groups in total. The highest BCUT2D eigenvalue weighted by atomic mass is 35.5. The van der Waals surface area contributed by atoms with Gasteiger partial charge < -0.3 is 43.7 Å². The number of aliphatic hydroxyl groups is 3. The van der Waals surface area contributed by atoms with Crippen molar-refractivity contribution in [2.24, 2.45) is 68.0 Å². The summed E-state index contributed by atoms with van der Waals surface area (Å²) in [5.41, 5.74) is -3.64. The molecule has 0 aromatic carbocycles. The highest BCUT2D eigenvalue weighted by Crippen LogP contribution is 2.80. The first-order chi connectivity index (χ1) is 29.7. The van der Waals surface area contributed by atoms with Crippen LogP contribution in [-0.2, 0) is 42.8 Å². The number of hydrogen-bond donors (Lipinski definition) is 3. The highest BCUT2D eigenvalue weighted by Gasteiger charge is 2.91.